The summed E-state index contributed by atoms with van der Waals surface area (Å²) in [4.78, 5) is 118. The number of aromatic hydroxyl groups is 3. The fourth-order valence-electron chi connectivity index (χ4n) is 17.4. The molecule has 12 aromatic rings. The number of carbonyl (C=O) groups excluding carboxylic acids is 3. The Morgan fingerprint density at radius 1 is 0.399 bits per heavy atom. The number of benzene rings is 3. The van der Waals surface area contributed by atoms with Gasteiger partial charge in [0.15, 0.2) is 34.9 Å². The molecule has 27 nitrogen and oxygen atoms in total. The van der Waals surface area contributed by atoms with E-state index in [4.69, 9.17) is 104 Å². The normalized spacial score (nSPS) is 15.0. The molecular weight excluding hydrogens is 1980 g/mol. The highest BCUT2D eigenvalue weighted by Gasteiger charge is 2.40. The third-order valence-electron chi connectivity index (χ3n) is 24.0. The number of fused-ring (bicyclic) bond motifs is 3. The van der Waals surface area contributed by atoms with E-state index < -0.39 is 116 Å². The van der Waals surface area contributed by atoms with E-state index in [0.717, 1.165) is 0 Å². The lowest BCUT2D eigenvalue weighted by atomic mass is 10.0. The molecule has 0 spiro atoms. The quantitative estimate of drug-likeness (QED) is 0.0371. The number of aromatic nitrogens is 9. The molecule has 0 bridgehead atoms. The number of phenols is 3. The van der Waals surface area contributed by atoms with Gasteiger partial charge < -0.3 is 44.7 Å². The first-order chi connectivity index (χ1) is 65.2. The zero-order chi connectivity index (χ0) is 101. The summed E-state index contributed by atoms with van der Waals surface area (Å²) in [6.07, 6.45) is 8.47. The van der Waals surface area contributed by atoms with Crippen LogP contribution in [-0.4, -0.2) is 168 Å². The van der Waals surface area contributed by atoms with Gasteiger partial charge in [-0.15, -0.1) is 0 Å². The van der Waals surface area contributed by atoms with Crippen LogP contribution in [0.3, 0.4) is 0 Å². The predicted molar refractivity (Wildman–Crippen MR) is 523 cm³/mol. The molecule has 42 heteroatoms. The Morgan fingerprint density at radius 2 is 0.623 bits per heavy atom. The van der Waals surface area contributed by atoms with Gasteiger partial charge >= 0.3 is 0 Å². The Balaban J connectivity index is 0.000000175. The van der Waals surface area contributed by atoms with Crippen LogP contribution in [0.4, 0.5) is 43.4 Å². The first kappa shape index (κ1) is 103. The molecule has 12 heterocycles. The van der Waals surface area contributed by atoms with Crippen molar-refractivity contribution in [2.75, 3.05) is 73.6 Å². The van der Waals surface area contributed by atoms with Crippen LogP contribution in [0, 0.1) is 89.7 Å². The fourth-order valence-corrected chi connectivity index (χ4v) is 19.5. The molecule has 9 aromatic heterocycles. The van der Waals surface area contributed by atoms with Crippen molar-refractivity contribution in [1.29, 1.82) is 15.8 Å². The highest BCUT2D eigenvalue weighted by Crippen LogP contribution is 2.52. The molecule has 0 radical (unpaired) electrons. The van der Waals surface area contributed by atoms with Crippen LogP contribution in [-0.2, 0) is 14.4 Å². The molecule has 3 fully saturated rings. The molecule has 0 saturated carbocycles. The van der Waals surface area contributed by atoms with E-state index in [1.54, 1.807) is 87.0 Å². The number of piperazine rings is 3. The number of rotatable bonds is 15. The summed E-state index contributed by atoms with van der Waals surface area (Å²) < 4.78 is 91.2. The second kappa shape index (κ2) is 40.8. The molecule has 3 aliphatic rings. The van der Waals surface area contributed by atoms with Gasteiger partial charge in [0.25, 0.3) is 16.7 Å². The summed E-state index contributed by atoms with van der Waals surface area (Å²) in [7, 11) is 0. The standard InChI is InChI=1S/3C32H27Cl3F2N6O3/c3*1-6-20(44)42-10-9-41(13-16(42)5)29-17-11-19(33)27(21-22(34)24(36)25(37)23(35)30(21)45)40-31(17)43(32(46)18(29)12-38)28-15(4)7-8-39-26(28)14(2)3/h3*6-8,11,14,16,45H,1,9-10,13H2,2-5H3/t3*16-/m111/s1. The third kappa shape index (κ3) is 18.0. The Morgan fingerprint density at radius 3 is 0.826 bits per heavy atom. The highest BCUT2D eigenvalue weighted by molar-refractivity contribution is 6.41. The van der Waals surface area contributed by atoms with E-state index in [9.17, 15) is 86.2 Å². The van der Waals surface area contributed by atoms with Crippen LogP contribution >= 0.6 is 104 Å². The zero-order valence-corrected chi connectivity index (χ0v) is 82.2. The number of amides is 3. The van der Waals surface area contributed by atoms with Gasteiger partial charge in [-0.1, -0.05) is 166 Å². The van der Waals surface area contributed by atoms with Crippen molar-refractivity contribution >= 4 is 172 Å². The summed E-state index contributed by atoms with van der Waals surface area (Å²) >= 11 is 56.5. The van der Waals surface area contributed by atoms with E-state index in [1.165, 1.54) is 50.1 Å². The van der Waals surface area contributed by atoms with Crippen molar-refractivity contribution < 1.29 is 56.0 Å². The minimum Gasteiger partial charge on any atom is -0.506 e. The van der Waals surface area contributed by atoms with Gasteiger partial charge in [0.1, 0.15) is 84.2 Å². The molecule has 15 rings (SSSR count). The molecule has 0 unspecified atom stereocenters. The SMILES string of the molecule is C=CC(=O)N1CCN(c2c(C#N)c(=O)n(-c3c(C)ccnc3C(C)C)c3nc(-c4c(O)c(Cl)c(F)c(F)c4Cl)c(Cl)cc23)C[C@H]1C.C=CC(=O)N1CCN(c2c(C#N)c(=O)n(-c3c(C)ccnc3C(C)C)c3nc(-c4c(O)c(Cl)c(F)c(F)c4Cl)c(Cl)cc23)C[C@H]1C.C=CC(=O)N1CCN(c2c(C#N)c(=O)n(-c3c(C)ccnc3C(C)C)c3nc(-c4c(O)c(Cl)c(F)c(F)c4Cl)c(Cl)cc23)C[C@H]1C. The van der Waals surface area contributed by atoms with Crippen molar-refractivity contribution in [1.82, 2.24) is 58.3 Å². The van der Waals surface area contributed by atoms with E-state index in [1.807, 2.05) is 62.3 Å². The predicted octanol–water partition coefficient (Wildman–Crippen LogP) is 20.8. The summed E-state index contributed by atoms with van der Waals surface area (Å²) in [6, 6.07) is 14.6. The largest absolute Gasteiger partial charge is 0.506 e. The Bertz CT molecular complexity index is 6790. The summed E-state index contributed by atoms with van der Waals surface area (Å²) in [6.45, 7) is 35.2. The van der Waals surface area contributed by atoms with Gasteiger partial charge in [0.05, 0.1) is 115 Å². The number of carbonyl (C=O) groups is 3. The lowest BCUT2D eigenvalue weighted by Gasteiger charge is -2.41. The molecule has 138 heavy (non-hydrogen) atoms. The number of hydrogen-bond acceptors (Lipinski definition) is 21. The van der Waals surface area contributed by atoms with Crippen molar-refractivity contribution in [3.05, 3.63) is 255 Å². The van der Waals surface area contributed by atoms with Crippen LogP contribution in [0.1, 0.15) is 131 Å². The van der Waals surface area contributed by atoms with Crippen LogP contribution in [0.15, 0.2) is 107 Å². The third-order valence-corrected chi connectivity index (χ3v) is 26.9. The van der Waals surface area contributed by atoms with Crippen molar-refractivity contribution in [3.63, 3.8) is 0 Å². The van der Waals surface area contributed by atoms with Gasteiger partial charge in [-0.3, -0.25) is 57.4 Å². The molecule has 714 valence electrons. The van der Waals surface area contributed by atoms with E-state index in [0.29, 0.717) is 50.8 Å². The molecule has 3 atom stereocenters. The summed E-state index contributed by atoms with van der Waals surface area (Å²) in [5, 5.41) is 58.8. The first-order valence-corrected chi connectivity index (χ1v) is 45.8. The lowest BCUT2D eigenvalue weighted by Crippen LogP contribution is -2.54. The number of nitriles is 3. The number of nitrogens with zero attached hydrogens (tertiary/aromatic N) is 18. The minimum absolute atomic E-state index is 0.0232. The molecule has 3 aliphatic heterocycles. The number of phenolic OH excluding ortho intramolecular Hbond substituents is 3. The Hall–Kier alpha value is -12.7. The van der Waals surface area contributed by atoms with Gasteiger partial charge in [-0.25, -0.2) is 41.3 Å². The smallest absolute Gasteiger partial charge is 0.276 e. The maximum absolute atomic E-state index is 14.8. The molecule has 3 aromatic carbocycles. The topological polar surface area (TPSA) is 346 Å². The number of pyridine rings is 9. The summed E-state index contributed by atoms with van der Waals surface area (Å²) in [5.41, 5.74) is 0.0941. The number of hydrogen-bond donors (Lipinski definition) is 3. The monoisotopic (exact) mass is 2060 g/mol. The second-order valence-electron chi connectivity index (χ2n) is 33.6. The van der Waals surface area contributed by atoms with E-state index in [2.05, 4.69) is 67.8 Å². The van der Waals surface area contributed by atoms with Gasteiger partial charge in [-0.2, -0.15) is 15.8 Å². The van der Waals surface area contributed by atoms with Gasteiger partial charge in [0, 0.05) is 112 Å². The Labute approximate surface area is 830 Å². The fraction of sp³-hybridized carbons (Fsp3) is 0.281. The maximum atomic E-state index is 14.8. The molecule has 3 N–H and O–H groups in total. The number of anilines is 3. The lowest BCUT2D eigenvalue weighted by molar-refractivity contribution is -0.129. The molecule has 0 aliphatic carbocycles. The van der Waals surface area contributed by atoms with Crippen LogP contribution in [0.25, 0.3) is 83.9 Å². The number of aryl methyl sites for hydroxylation is 3. The van der Waals surface area contributed by atoms with Gasteiger partial charge in [-0.05, 0) is 131 Å². The maximum Gasteiger partial charge on any atom is 0.276 e. The van der Waals surface area contributed by atoms with Crippen LogP contribution in [0.5, 0.6) is 17.2 Å². The van der Waals surface area contributed by atoms with Crippen molar-refractivity contribution in [2.45, 2.75) is 119 Å². The molecule has 3 saturated heterocycles. The highest BCUT2D eigenvalue weighted by atomic mass is 35.5. The second-order valence-corrected chi connectivity index (χ2v) is 37.1. The minimum atomic E-state index is -1.56. The molecule has 3 amide bonds. The first-order valence-electron chi connectivity index (χ1n) is 42.4. The van der Waals surface area contributed by atoms with Crippen LogP contribution in [0.2, 0.25) is 45.2 Å². The molecular formula is C96H81Cl9F6N18O9. The van der Waals surface area contributed by atoms with Crippen molar-refractivity contribution in [2.24, 2.45) is 0 Å². The van der Waals surface area contributed by atoms with Crippen LogP contribution < -0.4 is 31.4 Å². The zero-order valence-electron chi connectivity index (χ0n) is 75.4. The average Bonchev–Trinajstić information content (AvgIpc) is 0.726. The van der Waals surface area contributed by atoms with E-state index in [-0.39, 0.29) is 212 Å². The average molecular weight is 2060 g/mol. The van der Waals surface area contributed by atoms with Crippen molar-refractivity contribution in [3.8, 4) is 86.3 Å². The van der Waals surface area contributed by atoms with Gasteiger partial charge in [0.2, 0.25) is 17.7 Å². The Kier molecular flexibility index (Phi) is 30.3. The summed E-state index contributed by atoms with van der Waals surface area (Å²) in [5.74, 6) is -13.2. The van der Waals surface area contributed by atoms with E-state index >= 15 is 0 Å². The number of halogens is 15.